The maximum atomic E-state index is 12.0. The summed E-state index contributed by atoms with van der Waals surface area (Å²) in [6.45, 7) is 1.81. The highest BCUT2D eigenvalue weighted by molar-refractivity contribution is 7.92. The average Bonchev–Trinajstić information content (AvgIpc) is 2.86. The minimum atomic E-state index is -3.29. The van der Waals surface area contributed by atoms with Crippen LogP contribution in [0.5, 0.6) is 0 Å². The molecule has 0 saturated heterocycles. The van der Waals surface area contributed by atoms with Gasteiger partial charge in [0.25, 0.3) is 0 Å². The van der Waals surface area contributed by atoms with E-state index >= 15 is 0 Å². The predicted octanol–water partition coefficient (Wildman–Crippen LogP) is 2.29. The Morgan fingerprint density at radius 3 is 2.43 bits per heavy atom. The average molecular weight is 339 g/mol. The molecule has 4 N–H and O–H groups in total. The summed E-state index contributed by atoms with van der Waals surface area (Å²) < 4.78 is 25.9. The number of amides is 1. The molecule has 1 aromatic rings. The molecule has 7 heteroatoms. The third kappa shape index (κ3) is 5.51. The zero-order valence-corrected chi connectivity index (χ0v) is 14.2. The molecule has 0 spiro atoms. The third-order valence-corrected chi connectivity index (χ3v) is 5.57. The van der Waals surface area contributed by atoms with Gasteiger partial charge in [-0.25, -0.2) is 8.42 Å². The number of rotatable bonds is 7. The van der Waals surface area contributed by atoms with Crippen molar-refractivity contribution >= 4 is 27.3 Å². The summed E-state index contributed by atoms with van der Waals surface area (Å²) in [5.74, 6) is 0.300. The van der Waals surface area contributed by atoms with Crippen LogP contribution in [0.4, 0.5) is 11.4 Å². The normalized spacial score (nSPS) is 21.1. The van der Waals surface area contributed by atoms with E-state index in [1.54, 1.807) is 24.3 Å². The Kier molecular flexibility index (Phi) is 6.01. The van der Waals surface area contributed by atoms with Crippen LogP contribution < -0.4 is 15.8 Å². The highest BCUT2D eigenvalue weighted by atomic mass is 32.2. The SMILES string of the molecule is CCCS(=O)(=O)Nc1ccc(NC(=O)C[C@@H]2CCC[C@H]2N)cc1. The van der Waals surface area contributed by atoms with E-state index in [0.29, 0.717) is 24.2 Å². The molecule has 1 amide bonds. The molecule has 6 nitrogen and oxygen atoms in total. The van der Waals surface area contributed by atoms with Crippen LogP contribution in [0.1, 0.15) is 39.0 Å². The predicted molar refractivity (Wildman–Crippen MR) is 92.7 cm³/mol. The summed E-state index contributed by atoms with van der Waals surface area (Å²) in [5.41, 5.74) is 7.13. The molecule has 0 aliphatic heterocycles. The van der Waals surface area contributed by atoms with Gasteiger partial charge in [0.05, 0.1) is 5.75 Å². The molecule has 1 aliphatic carbocycles. The van der Waals surface area contributed by atoms with Crippen LogP contribution in [0.3, 0.4) is 0 Å². The lowest BCUT2D eigenvalue weighted by molar-refractivity contribution is -0.117. The Labute approximate surface area is 137 Å². The largest absolute Gasteiger partial charge is 0.327 e. The van der Waals surface area contributed by atoms with Gasteiger partial charge in [-0.15, -0.1) is 0 Å². The number of nitrogens with one attached hydrogen (secondary N) is 2. The Morgan fingerprint density at radius 1 is 1.22 bits per heavy atom. The van der Waals surface area contributed by atoms with Crippen LogP contribution in [-0.2, 0) is 14.8 Å². The van der Waals surface area contributed by atoms with Crippen LogP contribution in [0.15, 0.2) is 24.3 Å². The summed E-state index contributed by atoms with van der Waals surface area (Å²) >= 11 is 0. The van der Waals surface area contributed by atoms with Crippen molar-refractivity contribution in [2.45, 2.75) is 45.1 Å². The number of nitrogens with two attached hydrogens (primary N) is 1. The maximum absolute atomic E-state index is 12.0. The van der Waals surface area contributed by atoms with Gasteiger partial charge in [-0.2, -0.15) is 0 Å². The van der Waals surface area contributed by atoms with Gasteiger partial charge in [0, 0.05) is 23.8 Å². The molecule has 0 heterocycles. The smallest absolute Gasteiger partial charge is 0.232 e. The zero-order chi connectivity index (χ0) is 16.9. The molecule has 2 atom stereocenters. The summed E-state index contributed by atoms with van der Waals surface area (Å²) in [6.07, 6.45) is 4.09. The molecule has 128 valence electrons. The van der Waals surface area contributed by atoms with E-state index in [2.05, 4.69) is 10.0 Å². The lowest BCUT2D eigenvalue weighted by Crippen LogP contribution is -2.28. The zero-order valence-electron chi connectivity index (χ0n) is 13.4. The van der Waals surface area contributed by atoms with Gasteiger partial charge in [-0.05, 0) is 49.4 Å². The van der Waals surface area contributed by atoms with Crippen molar-refractivity contribution in [3.05, 3.63) is 24.3 Å². The molecule has 1 aliphatic rings. The second kappa shape index (κ2) is 7.79. The number of carbonyl (C=O) groups excluding carboxylic acids is 1. The van der Waals surface area contributed by atoms with E-state index in [4.69, 9.17) is 5.73 Å². The van der Waals surface area contributed by atoms with Gasteiger partial charge in [0.1, 0.15) is 0 Å². The quantitative estimate of drug-likeness (QED) is 0.709. The first-order chi connectivity index (χ1) is 10.9. The Balaban J connectivity index is 1.88. The Bertz CT molecular complexity index is 628. The molecule has 0 unspecified atom stereocenters. The van der Waals surface area contributed by atoms with Crippen LogP contribution in [0.2, 0.25) is 0 Å². The second-order valence-electron chi connectivity index (χ2n) is 6.11. The van der Waals surface area contributed by atoms with E-state index in [9.17, 15) is 13.2 Å². The van der Waals surface area contributed by atoms with E-state index < -0.39 is 10.0 Å². The minimum Gasteiger partial charge on any atom is -0.327 e. The highest BCUT2D eigenvalue weighted by Crippen LogP contribution is 2.27. The number of benzene rings is 1. The number of hydrogen-bond donors (Lipinski definition) is 3. The lowest BCUT2D eigenvalue weighted by atomic mass is 10.00. The molecular formula is C16H25N3O3S. The molecule has 0 radical (unpaired) electrons. The maximum Gasteiger partial charge on any atom is 0.232 e. The molecule has 0 bridgehead atoms. The van der Waals surface area contributed by atoms with Crippen molar-refractivity contribution in [3.8, 4) is 0 Å². The van der Waals surface area contributed by atoms with Crippen LogP contribution in [-0.4, -0.2) is 26.1 Å². The molecule has 2 rings (SSSR count). The highest BCUT2D eigenvalue weighted by Gasteiger charge is 2.25. The number of sulfonamides is 1. The van der Waals surface area contributed by atoms with Crippen molar-refractivity contribution in [1.82, 2.24) is 0 Å². The first-order valence-corrected chi connectivity index (χ1v) is 9.71. The molecular weight excluding hydrogens is 314 g/mol. The van der Waals surface area contributed by atoms with Crippen molar-refractivity contribution < 1.29 is 13.2 Å². The monoisotopic (exact) mass is 339 g/mol. The van der Waals surface area contributed by atoms with Gasteiger partial charge >= 0.3 is 0 Å². The van der Waals surface area contributed by atoms with E-state index in [-0.39, 0.29) is 23.6 Å². The van der Waals surface area contributed by atoms with Gasteiger partial charge in [-0.1, -0.05) is 13.3 Å². The van der Waals surface area contributed by atoms with Crippen molar-refractivity contribution in [1.29, 1.82) is 0 Å². The van der Waals surface area contributed by atoms with Gasteiger partial charge in [0.15, 0.2) is 0 Å². The van der Waals surface area contributed by atoms with Gasteiger partial charge in [0.2, 0.25) is 15.9 Å². The number of anilines is 2. The Hall–Kier alpha value is -1.60. The molecule has 1 aromatic carbocycles. The first kappa shape index (κ1) is 17.7. The van der Waals surface area contributed by atoms with Crippen LogP contribution in [0.25, 0.3) is 0 Å². The molecule has 23 heavy (non-hydrogen) atoms. The van der Waals surface area contributed by atoms with E-state index in [1.807, 2.05) is 6.92 Å². The lowest BCUT2D eigenvalue weighted by Gasteiger charge is -2.15. The third-order valence-electron chi connectivity index (χ3n) is 4.08. The summed E-state index contributed by atoms with van der Waals surface area (Å²) in [6, 6.07) is 6.79. The van der Waals surface area contributed by atoms with E-state index in [1.165, 1.54) is 0 Å². The fourth-order valence-electron chi connectivity index (χ4n) is 2.89. The fraction of sp³-hybridized carbons (Fsp3) is 0.562. The Morgan fingerprint density at radius 2 is 1.87 bits per heavy atom. The summed E-state index contributed by atoms with van der Waals surface area (Å²) in [5, 5.41) is 2.83. The molecule has 1 fully saturated rings. The summed E-state index contributed by atoms with van der Waals surface area (Å²) in [7, 11) is -3.29. The standard InChI is InChI=1S/C16H25N3O3S/c1-2-10-23(21,22)19-14-8-6-13(7-9-14)18-16(20)11-12-4-3-5-15(12)17/h6-9,12,15,19H,2-5,10-11,17H2,1H3,(H,18,20)/t12-,15+/m0/s1. The first-order valence-electron chi connectivity index (χ1n) is 8.05. The van der Waals surface area contributed by atoms with Crippen molar-refractivity contribution in [3.63, 3.8) is 0 Å². The number of carbonyl (C=O) groups is 1. The molecule has 0 aromatic heterocycles. The van der Waals surface area contributed by atoms with Gasteiger partial charge in [-0.3, -0.25) is 9.52 Å². The topological polar surface area (TPSA) is 101 Å². The van der Waals surface area contributed by atoms with Crippen LogP contribution >= 0.6 is 0 Å². The molecule has 1 saturated carbocycles. The van der Waals surface area contributed by atoms with Crippen molar-refractivity contribution in [2.24, 2.45) is 11.7 Å². The van der Waals surface area contributed by atoms with E-state index in [0.717, 1.165) is 19.3 Å². The van der Waals surface area contributed by atoms with Gasteiger partial charge < -0.3 is 11.1 Å². The minimum absolute atomic E-state index is 0.0494. The fourth-order valence-corrected chi connectivity index (χ4v) is 4.02. The number of hydrogen-bond acceptors (Lipinski definition) is 4. The summed E-state index contributed by atoms with van der Waals surface area (Å²) in [4.78, 5) is 12.0. The second-order valence-corrected chi connectivity index (χ2v) is 7.95. The van der Waals surface area contributed by atoms with Crippen LogP contribution in [0, 0.1) is 5.92 Å². The van der Waals surface area contributed by atoms with Crippen molar-refractivity contribution in [2.75, 3.05) is 15.8 Å².